The van der Waals surface area contributed by atoms with Gasteiger partial charge in [0.25, 0.3) is 0 Å². The molecule has 6 heteroatoms. The van der Waals surface area contributed by atoms with Gasteiger partial charge < -0.3 is 14.2 Å². The molecular formula is C11H10ClNO4. The summed E-state index contributed by atoms with van der Waals surface area (Å²) in [7, 11) is 2.67. The van der Waals surface area contributed by atoms with Crippen LogP contribution in [0.3, 0.4) is 0 Å². The summed E-state index contributed by atoms with van der Waals surface area (Å²) in [4.78, 5) is 10.9. The Hall–Kier alpha value is -1.93. The Morgan fingerprint density at radius 2 is 2.18 bits per heavy atom. The van der Waals surface area contributed by atoms with Gasteiger partial charge in [-0.25, -0.2) is 4.79 Å². The van der Waals surface area contributed by atoms with E-state index >= 15 is 0 Å². The van der Waals surface area contributed by atoms with Crippen molar-refractivity contribution in [3.05, 3.63) is 22.7 Å². The third-order valence-corrected chi connectivity index (χ3v) is 2.20. The van der Waals surface area contributed by atoms with E-state index in [-0.39, 0.29) is 23.1 Å². The van der Waals surface area contributed by atoms with Crippen LogP contribution < -0.4 is 9.47 Å². The molecule has 1 aromatic rings. The molecule has 0 saturated heterocycles. The Bertz CT molecular complexity index is 467. The van der Waals surface area contributed by atoms with Gasteiger partial charge in [0.15, 0.2) is 18.1 Å². The summed E-state index contributed by atoms with van der Waals surface area (Å²) in [5, 5.41) is 8.95. The number of nitrogens with zero attached hydrogens (tertiary/aromatic N) is 1. The number of carbonyl (C=O) groups excluding carboxylic acids is 1. The molecule has 0 aromatic heterocycles. The van der Waals surface area contributed by atoms with Crippen molar-refractivity contribution in [3.63, 3.8) is 0 Å². The zero-order chi connectivity index (χ0) is 12.8. The molecule has 0 heterocycles. The number of hydrogen-bond acceptors (Lipinski definition) is 5. The Balaban J connectivity index is 2.98. The van der Waals surface area contributed by atoms with E-state index in [4.69, 9.17) is 26.3 Å². The summed E-state index contributed by atoms with van der Waals surface area (Å²) in [5.74, 6) is -0.0380. The maximum absolute atomic E-state index is 10.9. The van der Waals surface area contributed by atoms with Crippen LogP contribution in [0.15, 0.2) is 12.1 Å². The molecule has 0 radical (unpaired) electrons. The number of esters is 1. The van der Waals surface area contributed by atoms with Crippen LogP contribution in [0.4, 0.5) is 0 Å². The Morgan fingerprint density at radius 1 is 1.47 bits per heavy atom. The first-order chi connectivity index (χ1) is 8.12. The third kappa shape index (κ3) is 3.26. The number of rotatable bonds is 4. The topological polar surface area (TPSA) is 68.5 Å². The van der Waals surface area contributed by atoms with Crippen LogP contribution in [0, 0.1) is 11.3 Å². The lowest BCUT2D eigenvalue weighted by atomic mass is 10.2. The fraction of sp³-hybridized carbons (Fsp3) is 0.273. The SMILES string of the molecule is COC(=O)COc1c(Cl)cc(C#N)cc1OC. The lowest BCUT2D eigenvalue weighted by Gasteiger charge is -2.11. The number of nitriles is 1. The standard InChI is InChI=1S/C11H10ClNO4/c1-15-9-4-7(5-13)3-8(12)11(9)17-6-10(14)16-2/h3-4H,6H2,1-2H3. The molecule has 0 unspecified atom stereocenters. The van der Waals surface area contributed by atoms with Crippen molar-refractivity contribution < 1.29 is 19.0 Å². The monoisotopic (exact) mass is 255 g/mol. The molecule has 5 nitrogen and oxygen atoms in total. The molecule has 0 aliphatic rings. The van der Waals surface area contributed by atoms with Gasteiger partial charge in [-0.3, -0.25) is 0 Å². The second-order valence-electron chi connectivity index (χ2n) is 2.97. The van der Waals surface area contributed by atoms with Crippen LogP contribution in [0.25, 0.3) is 0 Å². The molecule has 90 valence electrons. The highest BCUT2D eigenvalue weighted by atomic mass is 35.5. The van der Waals surface area contributed by atoms with Crippen molar-refractivity contribution in [2.75, 3.05) is 20.8 Å². The van der Waals surface area contributed by atoms with Crippen LogP contribution in [0.2, 0.25) is 5.02 Å². The predicted octanol–water partition coefficient (Wildman–Crippen LogP) is 1.77. The van der Waals surface area contributed by atoms with Crippen molar-refractivity contribution in [2.24, 2.45) is 0 Å². The van der Waals surface area contributed by atoms with Gasteiger partial charge in [0.05, 0.1) is 30.9 Å². The number of methoxy groups -OCH3 is 2. The number of hydrogen-bond donors (Lipinski definition) is 0. The van der Waals surface area contributed by atoms with Gasteiger partial charge >= 0.3 is 5.97 Å². The van der Waals surface area contributed by atoms with Crippen LogP contribution in [-0.2, 0) is 9.53 Å². The largest absolute Gasteiger partial charge is 0.493 e. The van der Waals surface area contributed by atoms with Crippen molar-refractivity contribution in [1.82, 2.24) is 0 Å². The maximum atomic E-state index is 10.9. The van der Waals surface area contributed by atoms with Gasteiger partial charge in [-0.15, -0.1) is 0 Å². The molecule has 1 rings (SSSR count). The lowest BCUT2D eigenvalue weighted by Crippen LogP contribution is -2.13. The minimum atomic E-state index is -0.535. The van der Waals surface area contributed by atoms with E-state index in [2.05, 4.69) is 4.74 Å². The summed E-state index contributed by atoms with van der Waals surface area (Å²) < 4.78 is 14.6. The van der Waals surface area contributed by atoms with Gasteiger partial charge in [-0.05, 0) is 6.07 Å². The van der Waals surface area contributed by atoms with Crippen LogP contribution in [0.1, 0.15) is 5.56 Å². The molecule has 0 spiro atoms. The van der Waals surface area contributed by atoms with Gasteiger partial charge in [0.1, 0.15) is 0 Å². The smallest absolute Gasteiger partial charge is 0.343 e. The molecule has 0 aliphatic carbocycles. The van der Waals surface area contributed by atoms with E-state index in [0.29, 0.717) is 5.56 Å². The van der Waals surface area contributed by atoms with Crippen molar-refractivity contribution in [1.29, 1.82) is 5.26 Å². The summed E-state index contributed by atoms with van der Waals surface area (Å²) >= 11 is 5.91. The number of carbonyl (C=O) groups is 1. The first kappa shape index (κ1) is 13.1. The molecule has 17 heavy (non-hydrogen) atoms. The lowest BCUT2D eigenvalue weighted by molar-refractivity contribution is -0.142. The van der Waals surface area contributed by atoms with Crippen LogP contribution in [0.5, 0.6) is 11.5 Å². The summed E-state index contributed by atoms with van der Waals surface area (Å²) in [6.07, 6.45) is 0. The van der Waals surface area contributed by atoms with Gasteiger partial charge in [0.2, 0.25) is 0 Å². The van der Waals surface area contributed by atoms with E-state index < -0.39 is 5.97 Å². The molecule has 0 fully saturated rings. The van der Waals surface area contributed by atoms with Crippen molar-refractivity contribution in [3.8, 4) is 17.6 Å². The van der Waals surface area contributed by atoms with Gasteiger partial charge in [-0.1, -0.05) is 11.6 Å². The Labute approximate surface area is 103 Å². The van der Waals surface area contributed by atoms with Crippen molar-refractivity contribution >= 4 is 17.6 Å². The first-order valence-corrected chi connectivity index (χ1v) is 4.97. The fourth-order valence-corrected chi connectivity index (χ4v) is 1.38. The minimum absolute atomic E-state index is 0.199. The highest BCUT2D eigenvalue weighted by Crippen LogP contribution is 2.36. The number of ether oxygens (including phenoxy) is 3. The Morgan fingerprint density at radius 3 is 2.71 bits per heavy atom. The van der Waals surface area contributed by atoms with E-state index in [1.165, 1.54) is 26.4 Å². The summed E-state index contributed by atoms with van der Waals surface area (Å²) in [5.41, 5.74) is 0.345. The minimum Gasteiger partial charge on any atom is -0.493 e. The van der Waals surface area contributed by atoms with E-state index in [1.807, 2.05) is 6.07 Å². The third-order valence-electron chi connectivity index (χ3n) is 1.92. The first-order valence-electron chi connectivity index (χ1n) is 4.59. The normalized spacial score (nSPS) is 9.29. The zero-order valence-electron chi connectivity index (χ0n) is 9.32. The molecule has 0 N–H and O–H groups in total. The second kappa shape index (κ2) is 5.97. The quantitative estimate of drug-likeness (QED) is 0.767. The van der Waals surface area contributed by atoms with Gasteiger partial charge in [0, 0.05) is 6.07 Å². The maximum Gasteiger partial charge on any atom is 0.343 e. The van der Waals surface area contributed by atoms with E-state index in [0.717, 1.165) is 0 Å². The van der Waals surface area contributed by atoms with Gasteiger partial charge in [-0.2, -0.15) is 5.26 Å². The zero-order valence-corrected chi connectivity index (χ0v) is 10.1. The average molecular weight is 256 g/mol. The molecule has 0 saturated carbocycles. The number of benzene rings is 1. The fourth-order valence-electron chi connectivity index (χ4n) is 1.11. The highest BCUT2D eigenvalue weighted by Gasteiger charge is 2.13. The summed E-state index contributed by atoms with van der Waals surface area (Å²) in [6, 6.07) is 4.83. The summed E-state index contributed by atoms with van der Waals surface area (Å²) in [6.45, 7) is -0.279. The molecular weight excluding hydrogens is 246 g/mol. The van der Waals surface area contributed by atoms with Crippen molar-refractivity contribution in [2.45, 2.75) is 0 Å². The average Bonchev–Trinajstić information content (AvgIpc) is 2.35. The number of halogens is 1. The Kier molecular flexibility index (Phi) is 4.61. The van der Waals surface area contributed by atoms with E-state index in [1.54, 1.807) is 0 Å². The highest BCUT2D eigenvalue weighted by molar-refractivity contribution is 6.32. The predicted molar refractivity (Wildman–Crippen MR) is 60.2 cm³/mol. The van der Waals surface area contributed by atoms with E-state index in [9.17, 15) is 4.79 Å². The van der Waals surface area contributed by atoms with Crippen LogP contribution >= 0.6 is 11.6 Å². The molecule has 0 amide bonds. The second-order valence-corrected chi connectivity index (χ2v) is 3.37. The van der Waals surface area contributed by atoms with Crippen LogP contribution in [-0.4, -0.2) is 26.8 Å². The molecule has 0 aliphatic heterocycles. The molecule has 1 aromatic carbocycles. The molecule has 0 bridgehead atoms. The molecule has 0 atom stereocenters.